The number of benzene rings is 2. The number of esters is 1. The highest BCUT2D eigenvalue weighted by Crippen LogP contribution is 2.30. The van der Waals surface area contributed by atoms with Crippen LogP contribution in [0.1, 0.15) is 21.5 Å². The van der Waals surface area contributed by atoms with Crippen LogP contribution in [0, 0.1) is 17.0 Å². The Morgan fingerprint density at radius 2 is 1.96 bits per heavy atom. The molecular weight excluding hydrogens is 300 g/mol. The first kappa shape index (κ1) is 16.2. The molecule has 1 N–H and O–H groups in total. The molecule has 0 aliphatic rings. The van der Waals surface area contributed by atoms with Crippen molar-refractivity contribution in [1.29, 1.82) is 0 Å². The molecule has 0 fully saturated rings. The van der Waals surface area contributed by atoms with Crippen molar-refractivity contribution >= 4 is 23.6 Å². The number of rotatable bonds is 4. The standard InChI is InChI=1S/C16H14N2O5/c1-10-7-12(15(19)14(8-10)18(21)22)9-17-13-5-3-11(4-6-13)16(20)23-2/h3-9,19H,1-2H3. The summed E-state index contributed by atoms with van der Waals surface area (Å²) in [7, 11) is 1.29. The molecule has 0 radical (unpaired) electrons. The molecule has 7 heteroatoms. The maximum atomic E-state index is 11.3. The zero-order valence-corrected chi connectivity index (χ0v) is 12.5. The lowest BCUT2D eigenvalue weighted by Gasteiger charge is -2.03. The number of hydrogen-bond donors (Lipinski definition) is 1. The van der Waals surface area contributed by atoms with Gasteiger partial charge in [0.1, 0.15) is 0 Å². The Balaban J connectivity index is 2.30. The molecule has 2 aromatic carbocycles. The van der Waals surface area contributed by atoms with Crippen molar-refractivity contribution in [3.8, 4) is 5.75 Å². The molecule has 0 saturated carbocycles. The smallest absolute Gasteiger partial charge is 0.337 e. The fraction of sp³-hybridized carbons (Fsp3) is 0.125. The van der Waals surface area contributed by atoms with E-state index >= 15 is 0 Å². The molecule has 0 amide bonds. The van der Waals surface area contributed by atoms with Crippen LogP contribution in [0.25, 0.3) is 0 Å². The summed E-state index contributed by atoms with van der Waals surface area (Å²) in [6.45, 7) is 1.69. The molecule has 0 bridgehead atoms. The van der Waals surface area contributed by atoms with Gasteiger partial charge in [-0.3, -0.25) is 15.1 Å². The van der Waals surface area contributed by atoms with Gasteiger partial charge in [-0.1, -0.05) is 0 Å². The molecule has 0 spiro atoms. The Labute approximate surface area is 132 Å². The van der Waals surface area contributed by atoms with Crippen molar-refractivity contribution in [2.24, 2.45) is 4.99 Å². The maximum Gasteiger partial charge on any atom is 0.337 e. The summed E-state index contributed by atoms with van der Waals surface area (Å²) in [4.78, 5) is 25.7. The van der Waals surface area contributed by atoms with Crippen molar-refractivity contribution in [2.45, 2.75) is 6.92 Å². The number of hydrogen-bond acceptors (Lipinski definition) is 6. The Kier molecular flexibility index (Phi) is 4.70. The van der Waals surface area contributed by atoms with Gasteiger partial charge in [0.15, 0.2) is 0 Å². The number of aryl methyl sites for hydroxylation is 1. The van der Waals surface area contributed by atoms with Crippen LogP contribution in [0.4, 0.5) is 11.4 Å². The largest absolute Gasteiger partial charge is 0.502 e. The molecule has 7 nitrogen and oxygen atoms in total. The number of nitro groups is 1. The maximum absolute atomic E-state index is 11.3. The number of ether oxygens (including phenoxy) is 1. The summed E-state index contributed by atoms with van der Waals surface area (Å²) in [6.07, 6.45) is 1.34. The number of phenolic OH excluding ortho intramolecular Hbond substituents is 1. The number of phenols is 1. The number of carbonyl (C=O) groups excluding carboxylic acids is 1. The van der Waals surface area contributed by atoms with Crippen molar-refractivity contribution in [3.63, 3.8) is 0 Å². The molecule has 23 heavy (non-hydrogen) atoms. The van der Waals surface area contributed by atoms with Gasteiger partial charge < -0.3 is 9.84 Å². The summed E-state index contributed by atoms with van der Waals surface area (Å²) in [5, 5.41) is 20.8. The summed E-state index contributed by atoms with van der Waals surface area (Å²) >= 11 is 0. The minimum Gasteiger partial charge on any atom is -0.502 e. The van der Waals surface area contributed by atoms with Crippen LogP contribution in [0.5, 0.6) is 5.75 Å². The fourth-order valence-electron chi connectivity index (χ4n) is 1.97. The molecule has 118 valence electrons. The lowest BCUT2D eigenvalue weighted by molar-refractivity contribution is -0.385. The van der Waals surface area contributed by atoms with Crippen LogP contribution >= 0.6 is 0 Å². The molecule has 0 unspecified atom stereocenters. The average Bonchev–Trinajstić information content (AvgIpc) is 2.54. The summed E-state index contributed by atoms with van der Waals surface area (Å²) < 4.78 is 4.60. The second kappa shape index (κ2) is 6.69. The van der Waals surface area contributed by atoms with E-state index in [4.69, 9.17) is 0 Å². The molecule has 0 aliphatic carbocycles. The quantitative estimate of drug-likeness (QED) is 0.404. The highest BCUT2D eigenvalue weighted by atomic mass is 16.6. The first-order chi connectivity index (χ1) is 10.9. The molecule has 2 rings (SSSR count). The minimum atomic E-state index is -0.648. The number of carbonyl (C=O) groups is 1. The Hall–Kier alpha value is -3.22. The average molecular weight is 314 g/mol. The van der Waals surface area contributed by atoms with Gasteiger partial charge in [-0.05, 0) is 42.8 Å². The number of methoxy groups -OCH3 is 1. The Morgan fingerprint density at radius 1 is 1.30 bits per heavy atom. The molecule has 0 atom stereocenters. The molecular formula is C16H14N2O5. The summed E-state index contributed by atoms with van der Waals surface area (Å²) in [6, 6.07) is 9.19. The molecule has 2 aromatic rings. The van der Waals surface area contributed by atoms with E-state index in [0.29, 0.717) is 16.8 Å². The predicted molar refractivity (Wildman–Crippen MR) is 84.5 cm³/mol. The Morgan fingerprint density at radius 3 is 2.52 bits per heavy atom. The van der Waals surface area contributed by atoms with Gasteiger partial charge in [0.05, 0.1) is 23.3 Å². The zero-order valence-electron chi connectivity index (χ0n) is 12.5. The van der Waals surface area contributed by atoms with Gasteiger partial charge in [0.2, 0.25) is 5.75 Å². The van der Waals surface area contributed by atoms with Crippen molar-refractivity contribution in [2.75, 3.05) is 7.11 Å². The third-order valence-corrected chi connectivity index (χ3v) is 3.10. The molecule has 0 saturated heterocycles. The molecule has 0 heterocycles. The normalized spacial score (nSPS) is 10.7. The highest BCUT2D eigenvalue weighted by Gasteiger charge is 2.16. The number of nitrogens with zero attached hydrogens (tertiary/aromatic N) is 2. The van der Waals surface area contributed by atoms with Crippen LogP contribution in [-0.2, 0) is 4.74 Å². The van der Waals surface area contributed by atoms with Gasteiger partial charge in [-0.25, -0.2) is 4.79 Å². The van der Waals surface area contributed by atoms with Crippen LogP contribution in [0.2, 0.25) is 0 Å². The van der Waals surface area contributed by atoms with E-state index in [9.17, 15) is 20.0 Å². The van der Waals surface area contributed by atoms with Gasteiger partial charge in [-0.2, -0.15) is 0 Å². The molecule has 0 aromatic heterocycles. The van der Waals surface area contributed by atoms with E-state index in [0.717, 1.165) is 0 Å². The van der Waals surface area contributed by atoms with Crippen LogP contribution in [-0.4, -0.2) is 29.3 Å². The zero-order chi connectivity index (χ0) is 17.0. The van der Waals surface area contributed by atoms with E-state index < -0.39 is 16.6 Å². The first-order valence-electron chi connectivity index (χ1n) is 6.63. The monoisotopic (exact) mass is 314 g/mol. The second-order valence-electron chi connectivity index (χ2n) is 4.78. The third-order valence-electron chi connectivity index (χ3n) is 3.10. The van der Waals surface area contributed by atoms with E-state index in [2.05, 4.69) is 9.73 Å². The van der Waals surface area contributed by atoms with Gasteiger partial charge in [0, 0.05) is 17.8 Å². The number of aromatic hydroxyl groups is 1. The van der Waals surface area contributed by atoms with Crippen LogP contribution in [0.3, 0.4) is 0 Å². The fourth-order valence-corrected chi connectivity index (χ4v) is 1.97. The second-order valence-corrected chi connectivity index (χ2v) is 4.78. The summed E-state index contributed by atoms with van der Waals surface area (Å²) in [5.41, 5.74) is 1.43. The van der Waals surface area contributed by atoms with Crippen molar-refractivity contribution < 1.29 is 19.6 Å². The Bertz CT molecular complexity index is 782. The van der Waals surface area contributed by atoms with Crippen LogP contribution < -0.4 is 0 Å². The first-order valence-corrected chi connectivity index (χ1v) is 6.63. The van der Waals surface area contributed by atoms with Crippen LogP contribution in [0.15, 0.2) is 41.4 Å². The topological polar surface area (TPSA) is 102 Å². The van der Waals surface area contributed by atoms with E-state index in [-0.39, 0.29) is 11.3 Å². The SMILES string of the molecule is COC(=O)c1ccc(N=Cc2cc(C)cc([N+](=O)[O-])c2O)cc1. The number of aliphatic imine (C=N–C) groups is 1. The van der Waals surface area contributed by atoms with Gasteiger partial charge >= 0.3 is 11.7 Å². The van der Waals surface area contributed by atoms with Crippen molar-refractivity contribution in [1.82, 2.24) is 0 Å². The molecule has 0 aliphatic heterocycles. The highest BCUT2D eigenvalue weighted by molar-refractivity contribution is 5.90. The lowest BCUT2D eigenvalue weighted by atomic mass is 10.1. The van der Waals surface area contributed by atoms with E-state index in [1.54, 1.807) is 37.3 Å². The summed E-state index contributed by atoms with van der Waals surface area (Å²) in [5.74, 6) is -0.886. The minimum absolute atomic E-state index is 0.244. The third kappa shape index (κ3) is 3.70. The van der Waals surface area contributed by atoms with Crippen molar-refractivity contribution in [3.05, 3.63) is 63.2 Å². The number of nitro benzene ring substituents is 1. The van der Waals surface area contributed by atoms with Gasteiger partial charge in [-0.15, -0.1) is 0 Å². The lowest BCUT2D eigenvalue weighted by Crippen LogP contribution is -1.99. The van der Waals surface area contributed by atoms with E-state index in [1.807, 2.05) is 0 Å². The predicted octanol–water partition coefficient (Wildman–Crippen LogP) is 3.15. The van der Waals surface area contributed by atoms with E-state index in [1.165, 1.54) is 19.4 Å². The van der Waals surface area contributed by atoms with Gasteiger partial charge in [0.25, 0.3) is 0 Å².